The van der Waals surface area contributed by atoms with E-state index < -0.39 is 0 Å². The molecule has 0 radical (unpaired) electrons. The number of hydrogen-bond acceptors (Lipinski definition) is 5. The summed E-state index contributed by atoms with van der Waals surface area (Å²) in [5, 5.41) is 31.9. The number of rotatable bonds is 5. The van der Waals surface area contributed by atoms with Crippen LogP contribution in [0.2, 0.25) is 0 Å². The minimum atomic E-state index is 0.132. The van der Waals surface area contributed by atoms with E-state index in [1.165, 1.54) is 0 Å². The number of benzene rings is 4. The van der Waals surface area contributed by atoms with Crippen molar-refractivity contribution in [2.45, 2.75) is 41.5 Å². The van der Waals surface area contributed by atoms with E-state index in [-0.39, 0.29) is 17.2 Å². The van der Waals surface area contributed by atoms with Crippen LogP contribution >= 0.6 is 0 Å². The number of hydrogen-bond donors (Lipinski definition) is 3. The Hall–Kier alpha value is -4.12. The molecule has 35 heavy (non-hydrogen) atoms. The highest BCUT2D eigenvalue weighted by Crippen LogP contribution is 2.47. The van der Waals surface area contributed by atoms with Crippen LogP contribution in [-0.2, 0) is 0 Å². The maximum atomic E-state index is 11.0. The lowest BCUT2D eigenvalue weighted by Gasteiger charge is -2.30. The Bertz CT molecular complexity index is 1300. The summed E-state index contributed by atoms with van der Waals surface area (Å²) < 4.78 is 6.07. The van der Waals surface area contributed by atoms with Crippen molar-refractivity contribution in [2.24, 2.45) is 0 Å². The summed E-state index contributed by atoms with van der Waals surface area (Å²) in [5.74, 6) is 1.62. The molecule has 0 aliphatic rings. The monoisotopic (exact) mass is 469 g/mol. The van der Waals surface area contributed by atoms with E-state index in [1.54, 1.807) is 24.3 Å². The van der Waals surface area contributed by atoms with E-state index in [4.69, 9.17) is 4.74 Å². The molecule has 5 nitrogen and oxygen atoms in total. The first-order valence-corrected chi connectivity index (χ1v) is 11.5. The summed E-state index contributed by atoms with van der Waals surface area (Å²) in [6.45, 7) is 11.6. The Kier molecular flexibility index (Phi) is 6.35. The average molecular weight is 470 g/mol. The summed E-state index contributed by atoms with van der Waals surface area (Å²) in [6, 6.07) is 18.2. The predicted molar refractivity (Wildman–Crippen MR) is 141 cm³/mol. The van der Waals surface area contributed by atoms with Gasteiger partial charge in [0.25, 0.3) is 0 Å². The Balaban J connectivity index is 1.83. The van der Waals surface area contributed by atoms with Gasteiger partial charge in [-0.15, -0.1) is 0 Å². The lowest BCUT2D eigenvalue weighted by Crippen LogP contribution is -2.13. The van der Waals surface area contributed by atoms with Crippen molar-refractivity contribution in [2.75, 3.05) is 4.90 Å². The molecule has 0 saturated carbocycles. The standard InChI is InChI=1S/C30H31NO4/c1-17-11-20(4)29(26(33)13-17)31(30-21(5)12-18(2)14-27(30)34)23-7-9-25(10-8-23)35-28-16-24(32)15-19(3)22(28)6/h7-16,32-34H,1-6H3. The van der Waals surface area contributed by atoms with Crippen LogP contribution in [0.5, 0.6) is 28.7 Å². The van der Waals surface area contributed by atoms with Gasteiger partial charge < -0.3 is 25.0 Å². The van der Waals surface area contributed by atoms with E-state index in [1.807, 2.05) is 82.8 Å². The molecule has 5 heteroatoms. The molecule has 4 aromatic rings. The molecule has 4 rings (SSSR count). The molecule has 0 heterocycles. The van der Waals surface area contributed by atoms with Crippen molar-refractivity contribution in [1.29, 1.82) is 0 Å². The molecular formula is C30H31NO4. The van der Waals surface area contributed by atoms with Gasteiger partial charge in [-0.3, -0.25) is 0 Å². The van der Waals surface area contributed by atoms with Gasteiger partial charge in [-0.05, 0) is 117 Å². The number of phenolic OH excluding ortho intramolecular Hbond substituents is 3. The van der Waals surface area contributed by atoms with E-state index in [0.29, 0.717) is 22.9 Å². The smallest absolute Gasteiger partial charge is 0.140 e. The topological polar surface area (TPSA) is 73.2 Å². The Morgan fingerprint density at radius 2 is 1.11 bits per heavy atom. The number of phenols is 3. The van der Waals surface area contributed by atoms with Gasteiger partial charge in [-0.25, -0.2) is 0 Å². The normalized spacial score (nSPS) is 10.9. The quantitative estimate of drug-likeness (QED) is 0.277. The molecule has 180 valence electrons. The predicted octanol–water partition coefficient (Wildman–Crippen LogP) is 7.92. The SMILES string of the molecule is Cc1cc(C)c(N(c2ccc(Oc3cc(O)cc(C)c3C)cc2)c2c(C)cc(C)cc2O)c(O)c1. The van der Waals surface area contributed by atoms with Gasteiger partial charge in [0.15, 0.2) is 0 Å². The molecular weight excluding hydrogens is 438 g/mol. The Morgan fingerprint density at radius 3 is 1.60 bits per heavy atom. The van der Waals surface area contributed by atoms with E-state index in [2.05, 4.69) is 0 Å². The van der Waals surface area contributed by atoms with E-state index in [0.717, 1.165) is 39.1 Å². The fourth-order valence-electron chi connectivity index (χ4n) is 4.53. The summed E-state index contributed by atoms with van der Waals surface area (Å²) in [5.41, 5.74) is 7.53. The largest absolute Gasteiger partial charge is 0.508 e. The molecule has 0 aliphatic carbocycles. The first-order valence-electron chi connectivity index (χ1n) is 11.5. The van der Waals surface area contributed by atoms with Gasteiger partial charge in [-0.2, -0.15) is 0 Å². The summed E-state index contributed by atoms with van der Waals surface area (Å²) in [4.78, 5) is 1.88. The second-order valence-electron chi connectivity index (χ2n) is 9.22. The third-order valence-corrected chi connectivity index (χ3v) is 6.22. The van der Waals surface area contributed by atoms with Crippen molar-refractivity contribution >= 4 is 17.1 Å². The van der Waals surface area contributed by atoms with E-state index in [9.17, 15) is 15.3 Å². The number of aromatic hydroxyl groups is 3. The summed E-state index contributed by atoms with van der Waals surface area (Å²) in [6.07, 6.45) is 0. The van der Waals surface area contributed by atoms with Crippen LogP contribution in [0.3, 0.4) is 0 Å². The van der Waals surface area contributed by atoms with Gasteiger partial charge in [-0.1, -0.05) is 12.1 Å². The molecule has 4 aromatic carbocycles. The van der Waals surface area contributed by atoms with Crippen LogP contribution in [-0.4, -0.2) is 15.3 Å². The number of aryl methyl sites for hydroxylation is 5. The van der Waals surface area contributed by atoms with Crippen molar-refractivity contribution in [3.05, 3.63) is 94.0 Å². The molecule has 0 bridgehead atoms. The summed E-state index contributed by atoms with van der Waals surface area (Å²) >= 11 is 0. The van der Waals surface area contributed by atoms with Crippen LogP contribution in [0.4, 0.5) is 17.1 Å². The van der Waals surface area contributed by atoms with Crippen LogP contribution in [0.15, 0.2) is 60.7 Å². The molecule has 3 N–H and O–H groups in total. The number of nitrogens with zero attached hydrogens (tertiary/aromatic N) is 1. The zero-order valence-corrected chi connectivity index (χ0v) is 21.0. The molecule has 0 amide bonds. The Morgan fingerprint density at radius 1 is 0.600 bits per heavy atom. The Labute approximate surface area is 206 Å². The summed E-state index contributed by atoms with van der Waals surface area (Å²) in [7, 11) is 0. The van der Waals surface area contributed by atoms with Crippen molar-refractivity contribution in [3.8, 4) is 28.7 Å². The van der Waals surface area contributed by atoms with Crippen LogP contribution in [0.25, 0.3) is 0 Å². The van der Waals surface area contributed by atoms with E-state index >= 15 is 0 Å². The van der Waals surface area contributed by atoms with Crippen molar-refractivity contribution < 1.29 is 20.1 Å². The zero-order valence-electron chi connectivity index (χ0n) is 21.0. The second-order valence-corrected chi connectivity index (χ2v) is 9.22. The van der Waals surface area contributed by atoms with Crippen LogP contribution in [0.1, 0.15) is 33.4 Å². The van der Waals surface area contributed by atoms with Crippen LogP contribution < -0.4 is 9.64 Å². The molecule has 0 aliphatic heterocycles. The van der Waals surface area contributed by atoms with Crippen molar-refractivity contribution in [3.63, 3.8) is 0 Å². The fraction of sp³-hybridized carbons (Fsp3) is 0.200. The maximum Gasteiger partial charge on any atom is 0.140 e. The molecule has 0 saturated heterocycles. The highest BCUT2D eigenvalue weighted by Gasteiger charge is 2.23. The highest BCUT2D eigenvalue weighted by molar-refractivity contribution is 5.86. The van der Waals surface area contributed by atoms with Gasteiger partial charge in [0, 0.05) is 11.8 Å². The third-order valence-electron chi connectivity index (χ3n) is 6.22. The third kappa shape index (κ3) is 4.76. The minimum Gasteiger partial charge on any atom is -0.508 e. The molecule has 0 unspecified atom stereocenters. The molecule has 0 atom stereocenters. The van der Waals surface area contributed by atoms with Gasteiger partial charge in [0.1, 0.15) is 28.7 Å². The maximum absolute atomic E-state index is 11.0. The first-order chi connectivity index (χ1) is 16.5. The lowest BCUT2D eigenvalue weighted by molar-refractivity contribution is 0.452. The van der Waals surface area contributed by atoms with Gasteiger partial charge in [0.05, 0.1) is 11.4 Å². The lowest BCUT2D eigenvalue weighted by atomic mass is 10.0. The zero-order chi connectivity index (χ0) is 25.4. The van der Waals surface area contributed by atoms with Gasteiger partial charge >= 0.3 is 0 Å². The van der Waals surface area contributed by atoms with Crippen molar-refractivity contribution in [1.82, 2.24) is 0 Å². The van der Waals surface area contributed by atoms with Crippen LogP contribution in [0, 0.1) is 41.5 Å². The number of ether oxygens (including phenoxy) is 1. The fourth-order valence-corrected chi connectivity index (χ4v) is 4.53. The molecule has 0 fully saturated rings. The number of anilines is 3. The minimum absolute atomic E-state index is 0.132. The molecule has 0 aromatic heterocycles. The average Bonchev–Trinajstić information content (AvgIpc) is 2.75. The first kappa shape index (κ1) is 24.0. The van der Waals surface area contributed by atoms with Gasteiger partial charge in [0.2, 0.25) is 0 Å². The second kappa shape index (κ2) is 9.26. The highest BCUT2D eigenvalue weighted by atomic mass is 16.5. The molecule has 0 spiro atoms.